The van der Waals surface area contributed by atoms with E-state index in [0.717, 1.165) is 70.6 Å². The number of carbonyl (C=O) groups excluding carboxylic acids is 3. The van der Waals surface area contributed by atoms with Crippen molar-refractivity contribution in [3.05, 3.63) is 0 Å². The summed E-state index contributed by atoms with van der Waals surface area (Å²) < 4.78 is 49.4. The number of Topliss-reactive ketones (excluding diaryl/α,β-unsaturated/α-hetero) is 1. The van der Waals surface area contributed by atoms with E-state index in [-0.39, 0.29) is 12.8 Å². The summed E-state index contributed by atoms with van der Waals surface area (Å²) in [5, 5.41) is 41.2. The molecule has 378 valence electrons. The Bertz CT molecular complexity index is 1320. The first-order valence-corrected chi connectivity index (χ1v) is 27.5. The lowest BCUT2D eigenvalue weighted by Crippen LogP contribution is -2.64. The number of esters is 2. The third-order valence-corrected chi connectivity index (χ3v) is 13.1. The topological polar surface area (TPSA) is 273 Å². The molecular formula is C45H86O17P2. The van der Waals surface area contributed by atoms with Gasteiger partial charge in [-0.15, -0.1) is 0 Å². The summed E-state index contributed by atoms with van der Waals surface area (Å²) in [5.41, 5.74) is 0. The number of rotatable bonds is 42. The van der Waals surface area contributed by atoms with Gasteiger partial charge in [-0.1, -0.05) is 162 Å². The number of phosphoric acid groups is 2. The molecule has 0 spiro atoms. The number of hydrogen-bond acceptors (Lipinski definition) is 14. The Morgan fingerprint density at radius 3 is 1.27 bits per heavy atom. The van der Waals surface area contributed by atoms with Crippen molar-refractivity contribution in [3.8, 4) is 0 Å². The van der Waals surface area contributed by atoms with Crippen molar-refractivity contribution in [3.63, 3.8) is 0 Å². The predicted molar refractivity (Wildman–Crippen MR) is 242 cm³/mol. The molecule has 17 nitrogen and oxygen atoms in total. The molecule has 0 saturated heterocycles. The standard InChI is InChI=1S/C45H86O17P2/c1-3-5-6-7-8-9-10-12-17-20-23-26-29-33-39(48)60-37(35-59-64(56,57)62-45-42(51)40(49)41(50)44(43(45)52)61-63(53,54)55)34-58-38(47)32-28-25-22-19-16-14-11-13-15-18-21-24-27-31-36(46)30-4-2/h37,40-45,49-52H,3-35H2,1-2H3,(H,56,57)(H2,53,54,55)/t37-,40+,41?,42?,43-,44-,45?/m1/s1. The van der Waals surface area contributed by atoms with Crippen LogP contribution in [0.25, 0.3) is 0 Å². The van der Waals surface area contributed by atoms with Crippen LogP contribution in [0.1, 0.15) is 213 Å². The molecule has 1 aliphatic rings. The second-order valence-electron chi connectivity index (χ2n) is 17.5. The second kappa shape index (κ2) is 36.7. The molecule has 19 heteroatoms. The number of aliphatic hydroxyl groups excluding tert-OH is 4. The molecule has 64 heavy (non-hydrogen) atoms. The first-order chi connectivity index (χ1) is 30.5. The van der Waals surface area contributed by atoms with Gasteiger partial charge in [0.2, 0.25) is 0 Å². The van der Waals surface area contributed by atoms with Crippen molar-refractivity contribution in [2.24, 2.45) is 0 Å². The highest BCUT2D eigenvalue weighted by atomic mass is 31.2. The number of unbranched alkanes of at least 4 members (excludes halogenated alkanes) is 24. The van der Waals surface area contributed by atoms with E-state index in [0.29, 0.717) is 31.5 Å². The molecule has 0 aliphatic heterocycles. The zero-order valence-corrected chi connectivity index (χ0v) is 40.8. The van der Waals surface area contributed by atoms with Crippen LogP contribution in [-0.2, 0) is 46.6 Å². The van der Waals surface area contributed by atoms with Gasteiger partial charge in [-0.25, -0.2) is 9.13 Å². The summed E-state index contributed by atoms with van der Waals surface area (Å²) in [7, 11) is -10.7. The van der Waals surface area contributed by atoms with E-state index >= 15 is 0 Å². The third kappa shape index (κ3) is 30.9. The Hall–Kier alpha value is -1.33. The second-order valence-corrected chi connectivity index (χ2v) is 20.1. The highest BCUT2D eigenvalue weighted by Gasteiger charge is 2.54. The molecule has 0 amide bonds. The number of ether oxygens (including phenoxy) is 2. The number of carbonyl (C=O) groups is 3. The van der Waals surface area contributed by atoms with Crippen molar-refractivity contribution < 1.29 is 81.7 Å². The SMILES string of the molecule is CCCCCCCCCCCCCCCC(=O)O[C@H](COC(=O)CCCCCCCCCCCCCCCC(=O)CCC)COP(=O)(O)OC1C(O)[C@@H](O)C(O)[C@@H](OP(=O)(O)O)[C@H]1O. The maximum absolute atomic E-state index is 13.0. The molecule has 0 radical (unpaired) electrons. The molecule has 0 aromatic rings. The zero-order valence-electron chi connectivity index (χ0n) is 39.0. The van der Waals surface area contributed by atoms with Gasteiger partial charge in [-0.3, -0.25) is 28.0 Å². The number of phosphoric ester groups is 2. The van der Waals surface area contributed by atoms with Crippen LogP contribution in [0.4, 0.5) is 0 Å². The van der Waals surface area contributed by atoms with Crippen LogP contribution in [0.15, 0.2) is 0 Å². The molecule has 0 heterocycles. The first-order valence-electron chi connectivity index (χ1n) is 24.5. The van der Waals surface area contributed by atoms with Crippen molar-refractivity contribution in [1.29, 1.82) is 0 Å². The van der Waals surface area contributed by atoms with Crippen molar-refractivity contribution in [2.75, 3.05) is 13.2 Å². The van der Waals surface area contributed by atoms with Gasteiger partial charge in [0.05, 0.1) is 6.61 Å². The molecule has 4 unspecified atom stereocenters. The van der Waals surface area contributed by atoms with Crippen LogP contribution in [0.3, 0.4) is 0 Å². The van der Waals surface area contributed by atoms with Crippen LogP contribution in [0.5, 0.6) is 0 Å². The predicted octanol–water partition coefficient (Wildman–Crippen LogP) is 8.58. The molecule has 0 aromatic heterocycles. The highest BCUT2D eigenvalue weighted by Crippen LogP contribution is 2.49. The minimum Gasteiger partial charge on any atom is -0.462 e. The largest absolute Gasteiger partial charge is 0.472 e. The van der Waals surface area contributed by atoms with Gasteiger partial charge in [0.1, 0.15) is 49.0 Å². The molecule has 0 aromatic carbocycles. The quantitative estimate of drug-likeness (QED) is 0.0171. The van der Waals surface area contributed by atoms with Gasteiger partial charge in [0.15, 0.2) is 6.10 Å². The average Bonchev–Trinajstić information content (AvgIpc) is 3.24. The summed E-state index contributed by atoms with van der Waals surface area (Å²) in [6.45, 7) is 2.90. The van der Waals surface area contributed by atoms with E-state index in [9.17, 15) is 48.8 Å². The van der Waals surface area contributed by atoms with Crippen LogP contribution >= 0.6 is 15.6 Å². The van der Waals surface area contributed by atoms with E-state index in [1.54, 1.807) is 0 Å². The summed E-state index contributed by atoms with van der Waals surface area (Å²) in [6.07, 6.45) is 16.1. The minimum atomic E-state index is -5.36. The Labute approximate surface area is 383 Å². The van der Waals surface area contributed by atoms with E-state index in [4.69, 9.17) is 28.3 Å². The maximum atomic E-state index is 13.0. The molecule has 1 aliphatic carbocycles. The minimum absolute atomic E-state index is 0.0421. The van der Waals surface area contributed by atoms with E-state index in [2.05, 4.69) is 11.4 Å². The number of ketones is 1. The fraction of sp³-hybridized carbons (Fsp3) is 0.933. The smallest absolute Gasteiger partial charge is 0.462 e. The van der Waals surface area contributed by atoms with E-state index in [1.165, 1.54) is 89.9 Å². The van der Waals surface area contributed by atoms with Crippen LogP contribution in [0.2, 0.25) is 0 Å². The van der Waals surface area contributed by atoms with Crippen molar-refractivity contribution in [2.45, 2.75) is 256 Å². The number of hydrogen-bond donors (Lipinski definition) is 7. The Kier molecular flexibility index (Phi) is 34.8. The van der Waals surface area contributed by atoms with Crippen LogP contribution in [-0.4, -0.2) is 109 Å². The van der Waals surface area contributed by atoms with E-state index in [1.807, 2.05) is 6.92 Å². The zero-order chi connectivity index (χ0) is 47.6. The summed E-state index contributed by atoms with van der Waals surface area (Å²) in [4.78, 5) is 65.9. The lowest BCUT2D eigenvalue weighted by Gasteiger charge is -2.43. The average molecular weight is 961 g/mol. The lowest BCUT2D eigenvalue weighted by atomic mass is 9.85. The third-order valence-electron chi connectivity index (χ3n) is 11.6. The molecule has 1 rings (SSSR count). The van der Waals surface area contributed by atoms with E-state index < -0.39 is 83.5 Å². The van der Waals surface area contributed by atoms with Gasteiger partial charge >= 0.3 is 27.6 Å². The summed E-state index contributed by atoms with van der Waals surface area (Å²) in [6, 6.07) is 0. The fourth-order valence-electron chi connectivity index (χ4n) is 7.80. The van der Waals surface area contributed by atoms with Crippen molar-refractivity contribution in [1.82, 2.24) is 0 Å². The summed E-state index contributed by atoms with van der Waals surface area (Å²) in [5.74, 6) is -0.837. The van der Waals surface area contributed by atoms with Gasteiger partial charge in [0, 0.05) is 25.7 Å². The Balaban J connectivity index is 2.54. The van der Waals surface area contributed by atoms with Crippen molar-refractivity contribution >= 4 is 33.4 Å². The fourth-order valence-corrected chi connectivity index (χ4v) is 9.34. The summed E-state index contributed by atoms with van der Waals surface area (Å²) >= 11 is 0. The first kappa shape index (κ1) is 60.7. The van der Waals surface area contributed by atoms with Crippen LogP contribution in [0, 0.1) is 0 Å². The normalized spacial score (nSPS) is 21.6. The molecule has 1 saturated carbocycles. The Morgan fingerprint density at radius 1 is 0.453 bits per heavy atom. The highest BCUT2D eigenvalue weighted by molar-refractivity contribution is 7.47. The molecule has 0 bridgehead atoms. The Morgan fingerprint density at radius 2 is 0.844 bits per heavy atom. The molecular weight excluding hydrogens is 874 g/mol. The number of aliphatic hydroxyl groups is 4. The van der Waals surface area contributed by atoms with Gasteiger partial charge in [-0.05, 0) is 25.7 Å². The van der Waals surface area contributed by atoms with Crippen LogP contribution < -0.4 is 0 Å². The maximum Gasteiger partial charge on any atom is 0.472 e. The lowest BCUT2D eigenvalue weighted by molar-refractivity contribution is -0.216. The monoisotopic (exact) mass is 961 g/mol. The molecule has 7 N–H and O–H groups in total. The van der Waals surface area contributed by atoms with Gasteiger partial charge in [-0.2, -0.15) is 0 Å². The molecule has 1 fully saturated rings. The van der Waals surface area contributed by atoms with Gasteiger partial charge < -0.3 is 44.6 Å². The molecule has 8 atom stereocenters. The van der Waals surface area contributed by atoms with Gasteiger partial charge in [0.25, 0.3) is 0 Å².